The van der Waals surface area contributed by atoms with Crippen molar-refractivity contribution in [3.8, 4) is 23.3 Å². The molecule has 0 aliphatic rings. The smallest absolute Gasteiger partial charge is 0.341 e. The summed E-state index contributed by atoms with van der Waals surface area (Å²) >= 11 is 3.09. The highest BCUT2D eigenvalue weighted by atomic mass is 32.2. The molecule has 0 aliphatic heterocycles. The predicted octanol–water partition coefficient (Wildman–Crippen LogP) is 7.82. The number of anilines is 1. The highest BCUT2D eigenvalue weighted by molar-refractivity contribution is 7.98. The molecule has 2 aromatic carbocycles. The molecule has 0 spiro atoms. The van der Waals surface area contributed by atoms with E-state index in [-0.39, 0.29) is 22.9 Å². The van der Waals surface area contributed by atoms with Gasteiger partial charge in [-0.15, -0.1) is 23.5 Å². The number of carboxylic acids is 1. The minimum Gasteiger partial charge on any atom is -0.477 e. The standard InChI is InChI=1S/C18H14FN3O2S.C13H10FNO3S/c1-25-14-6-4-5-13(10-14)24-18-15(9-12(19)11-21-18)17(23)22-16-7-2-3-8-20-16;1-19-10-4-2-3-9(6-10)18-12-11(13(16)17)5-8(14)7-15-12/h2-11H,1H3,(H,20,22,23);2-7H,1H3,(H,16,17). The van der Waals surface area contributed by atoms with Gasteiger partial charge in [0.2, 0.25) is 11.8 Å². The Bertz CT molecular complexity index is 1760. The molecule has 9 nitrogen and oxygen atoms in total. The first kappa shape index (κ1) is 31.9. The molecule has 5 rings (SSSR count). The fraction of sp³-hybridized carbons (Fsp3) is 0.0645. The van der Waals surface area contributed by atoms with Gasteiger partial charge in [0.25, 0.3) is 5.91 Å². The van der Waals surface area contributed by atoms with Crippen LogP contribution in [0.15, 0.2) is 107 Å². The van der Waals surface area contributed by atoms with Crippen molar-refractivity contribution in [2.24, 2.45) is 0 Å². The van der Waals surface area contributed by atoms with Crippen LogP contribution in [0.25, 0.3) is 0 Å². The minimum atomic E-state index is -1.29. The maximum absolute atomic E-state index is 13.6. The lowest BCUT2D eigenvalue weighted by Gasteiger charge is -2.11. The van der Waals surface area contributed by atoms with Crippen molar-refractivity contribution in [2.45, 2.75) is 9.79 Å². The Hall–Kier alpha value is -5.01. The molecule has 2 N–H and O–H groups in total. The van der Waals surface area contributed by atoms with Gasteiger partial charge < -0.3 is 19.9 Å². The number of hydrogen-bond donors (Lipinski definition) is 2. The van der Waals surface area contributed by atoms with E-state index in [1.165, 1.54) is 11.8 Å². The van der Waals surface area contributed by atoms with Gasteiger partial charge >= 0.3 is 5.97 Å². The van der Waals surface area contributed by atoms with E-state index in [4.69, 9.17) is 14.6 Å². The van der Waals surface area contributed by atoms with Crippen LogP contribution >= 0.6 is 23.5 Å². The molecule has 0 unspecified atom stereocenters. The zero-order valence-electron chi connectivity index (χ0n) is 23.2. The number of halogens is 2. The van der Waals surface area contributed by atoms with Crippen molar-refractivity contribution < 1.29 is 33.0 Å². The van der Waals surface area contributed by atoms with Crippen LogP contribution in [0, 0.1) is 11.6 Å². The van der Waals surface area contributed by atoms with Gasteiger partial charge in [0.05, 0.1) is 12.4 Å². The number of nitrogens with one attached hydrogen (secondary N) is 1. The number of carbonyl (C=O) groups excluding carboxylic acids is 1. The van der Waals surface area contributed by atoms with Crippen LogP contribution in [0.4, 0.5) is 14.6 Å². The third-order valence-corrected chi connectivity index (χ3v) is 6.98. The summed E-state index contributed by atoms with van der Waals surface area (Å²) in [6.07, 6.45) is 7.33. The second-order valence-corrected chi connectivity index (χ2v) is 10.3. The van der Waals surface area contributed by atoms with Gasteiger partial charge in [-0.05, 0) is 73.2 Å². The van der Waals surface area contributed by atoms with E-state index < -0.39 is 23.5 Å². The molecule has 224 valence electrons. The number of carbonyl (C=O) groups is 2. The molecule has 5 aromatic rings. The summed E-state index contributed by atoms with van der Waals surface area (Å²) in [4.78, 5) is 37.0. The van der Waals surface area contributed by atoms with E-state index in [2.05, 4.69) is 20.3 Å². The van der Waals surface area contributed by atoms with Crippen LogP contribution in [0.3, 0.4) is 0 Å². The first-order valence-electron chi connectivity index (χ1n) is 12.7. The molecular weight excluding hydrogens is 610 g/mol. The molecule has 3 heterocycles. The van der Waals surface area contributed by atoms with Crippen molar-refractivity contribution >= 4 is 41.2 Å². The molecule has 0 fully saturated rings. The Labute approximate surface area is 259 Å². The van der Waals surface area contributed by atoms with E-state index in [1.54, 1.807) is 60.4 Å². The molecule has 13 heteroatoms. The van der Waals surface area contributed by atoms with E-state index in [0.29, 0.717) is 17.3 Å². The molecule has 44 heavy (non-hydrogen) atoms. The van der Waals surface area contributed by atoms with Crippen LogP contribution < -0.4 is 14.8 Å². The molecule has 0 atom stereocenters. The number of ether oxygens (including phenoxy) is 2. The van der Waals surface area contributed by atoms with E-state index >= 15 is 0 Å². The van der Waals surface area contributed by atoms with Crippen molar-refractivity contribution in [2.75, 3.05) is 17.8 Å². The summed E-state index contributed by atoms with van der Waals surface area (Å²) in [5.74, 6) is -1.98. The van der Waals surface area contributed by atoms with Crippen LogP contribution in [0.5, 0.6) is 23.3 Å². The fourth-order valence-corrected chi connectivity index (χ4v) is 4.40. The summed E-state index contributed by atoms with van der Waals surface area (Å²) in [5, 5.41) is 11.6. The number of aromatic nitrogens is 3. The highest BCUT2D eigenvalue weighted by Gasteiger charge is 2.18. The molecule has 0 radical (unpaired) electrons. The fourth-order valence-electron chi connectivity index (χ4n) is 3.50. The third-order valence-electron chi connectivity index (χ3n) is 5.53. The van der Waals surface area contributed by atoms with E-state index in [0.717, 1.165) is 34.3 Å². The summed E-state index contributed by atoms with van der Waals surface area (Å²) in [6.45, 7) is 0. The van der Waals surface area contributed by atoms with Crippen LogP contribution in [0.1, 0.15) is 20.7 Å². The minimum absolute atomic E-state index is 0.0137. The Balaban J connectivity index is 0.000000209. The molecule has 0 aliphatic carbocycles. The third kappa shape index (κ3) is 8.99. The van der Waals surface area contributed by atoms with Gasteiger partial charge in [-0.3, -0.25) is 4.79 Å². The molecule has 0 bridgehead atoms. The summed E-state index contributed by atoms with van der Waals surface area (Å²) < 4.78 is 37.7. The normalized spacial score (nSPS) is 10.3. The number of aromatic carboxylic acids is 1. The van der Waals surface area contributed by atoms with Gasteiger partial charge in [-0.2, -0.15) is 0 Å². The Morgan fingerprint density at radius 1 is 0.727 bits per heavy atom. The summed E-state index contributed by atoms with van der Waals surface area (Å²) in [5.41, 5.74) is -0.324. The predicted molar refractivity (Wildman–Crippen MR) is 164 cm³/mol. The lowest BCUT2D eigenvalue weighted by Crippen LogP contribution is -2.15. The number of hydrogen-bond acceptors (Lipinski definition) is 9. The van der Waals surface area contributed by atoms with Gasteiger partial charge in [-0.25, -0.2) is 28.5 Å². The number of pyridine rings is 3. The lowest BCUT2D eigenvalue weighted by molar-refractivity contribution is 0.0692. The second kappa shape index (κ2) is 15.5. The average Bonchev–Trinajstić information content (AvgIpc) is 3.03. The van der Waals surface area contributed by atoms with Crippen molar-refractivity contribution in [1.82, 2.24) is 15.0 Å². The zero-order valence-corrected chi connectivity index (χ0v) is 24.9. The molecule has 0 saturated heterocycles. The molecule has 0 saturated carbocycles. The van der Waals surface area contributed by atoms with E-state index in [9.17, 15) is 18.4 Å². The van der Waals surface area contributed by atoms with Crippen LogP contribution in [0.2, 0.25) is 0 Å². The van der Waals surface area contributed by atoms with Crippen molar-refractivity contribution in [3.63, 3.8) is 0 Å². The van der Waals surface area contributed by atoms with Gasteiger partial charge in [-0.1, -0.05) is 18.2 Å². The first-order valence-corrected chi connectivity index (χ1v) is 15.1. The summed E-state index contributed by atoms with van der Waals surface area (Å²) in [6, 6.07) is 21.5. The van der Waals surface area contributed by atoms with Crippen molar-refractivity contribution in [3.05, 3.63) is 120 Å². The van der Waals surface area contributed by atoms with Crippen LogP contribution in [-0.4, -0.2) is 44.4 Å². The topological polar surface area (TPSA) is 124 Å². The van der Waals surface area contributed by atoms with Gasteiger partial charge in [0, 0.05) is 16.0 Å². The molecule has 1 amide bonds. The quantitative estimate of drug-likeness (QED) is 0.155. The number of thioether (sulfide) groups is 2. The zero-order chi connectivity index (χ0) is 31.5. The monoisotopic (exact) mass is 634 g/mol. The highest BCUT2D eigenvalue weighted by Crippen LogP contribution is 2.28. The number of amides is 1. The Morgan fingerprint density at radius 3 is 1.77 bits per heavy atom. The lowest BCUT2D eigenvalue weighted by atomic mass is 10.2. The van der Waals surface area contributed by atoms with Crippen molar-refractivity contribution in [1.29, 1.82) is 0 Å². The molecule has 3 aromatic heterocycles. The van der Waals surface area contributed by atoms with E-state index in [1.807, 2.05) is 36.8 Å². The Kier molecular flexibility index (Phi) is 11.2. The second-order valence-electron chi connectivity index (χ2n) is 8.55. The number of rotatable bonds is 9. The number of benzene rings is 2. The Morgan fingerprint density at radius 2 is 1.27 bits per heavy atom. The summed E-state index contributed by atoms with van der Waals surface area (Å²) in [7, 11) is 0. The molecular formula is C31H24F2N4O5S2. The SMILES string of the molecule is CSc1cccc(Oc2ncc(F)cc2C(=O)Nc2ccccn2)c1.CSc1cccc(Oc2ncc(F)cc2C(=O)O)c1. The van der Waals surface area contributed by atoms with Crippen LogP contribution in [-0.2, 0) is 0 Å². The maximum atomic E-state index is 13.6. The number of nitrogens with zero attached hydrogens (tertiary/aromatic N) is 3. The first-order chi connectivity index (χ1) is 21.2. The number of carboxylic acid groups (broad SMARTS) is 1. The average molecular weight is 635 g/mol. The largest absolute Gasteiger partial charge is 0.477 e. The maximum Gasteiger partial charge on any atom is 0.341 e. The van der Waals surface area contributed by atoms with Gasteiger partial charge in [0.15, 0.2) is 0 Å². The van der Waals surface area contributed by atoms with Gasteiger partial charge in [0.1, 0.15) is 40.1 Å².